The van der Waals surface area contributed by atoms with Gasteiger partial charge in [0.25, 0.3) is 0 Å². The van der Waals surface area contributed by atoms with Crippen molar-refractivity contribution >= 4 is 39.0 Å². The van der Waals surface area contributed by atoms with E-state index in [0.717, 1.165) is 0 Å². The van der Waals surface area contributed by atoms with Gasteiger partial charge in [-0.15, -0.1) is 10.2 Å². The second kappa shape index (κ2) is 6.59. The highest BCUT2D eigenvalue weighted by molar-refractivity contribution is 7.99. The Morgan fingerprint density at radius 2 is 1.92 bits per heavy atom. The monoisotopic (exact) mass is 363 g/mol. The molecule has 3 N–H and O–H groups in total. The first-order valence-corrected chi connectivity index (χ1v) is 9.32. The number of aromatic nitrogens is 3. The lowest BCUT2D eigenvalue weighted by Crippen LogP contribution is -2.15. The first-order chi connectivity index (χ1) is 11.4. The molecule has 24 heavy (non-hydrogen) atoms. The van der Waals surface area contributed by atoms with Gasteiger partial charge in [0.2, 0.25) is 15.9 Å². The van der Waals surface area contributed by atoms with E-state index in [1.54, 1.807) is 4.40 Å². The molecule has 1 amide bonds. The average Bonchev–Trinajstić information content (AvgIpc) is 2.96. The van der Waals surface area contributed by atoms with Crippen molar-refractivity contribution in [3.8, 4) is 0 Å². The molecule has 3 rings (SSSR count). The smallest absolute Gasteiger partial charge is 0.238 e. The van der Waals surface area contributed by atoms with Crippen LogP contribution in [-0.4, -0.2) is 34.7 Å². The average molecular weight is 363 g/mol. The fourth-order valence-electron chi connectivity index (χ4n) is 1.97. The quantitative estimate of drug-likeness (QED) is 0.655. The fourth-order valence-corrected chi connectivity index (χ4v) is 3.21. The highest BCUT2D eigenvalue weighted by Crippen LogP contribution is 2.18. The standard InChI is InChI=1S/C14H13N5O3S2/c15-24(21,22)11-6-4-10(5-7-11)16-13(20)9-23-14-18-17-12-3-1-2-8-19(12)14/h1-8H,9H2,(H,16,20)(H2,15,21,22). The number of benzene rings is 1. The van der Waals surface area contributed by atoms with Crippen molar-refractivity contribution in [1.29, 1.82) is 0 Å². The molecule has 0 unspecified atom stereocenters. The fraction of sp³-hybridized carbons (Fsp3) is 0.0714. The number of anilines is 1. The summed E-state index contributed by atoms with van der Waals surface area (Å²) in [7, 11) is -3.74. The predicted molar refractivity (Wildman–Crippen MR) is 90.2 cm³/mol. The van der Waals surface area contributed by atoms with E-state index >= 15 is 0 Å². The second-order valence-electron chi connectivity index (χ2n) is 4.82. The third-order valence-corrected chi connectivity index (χ3v) is 4.95. The Hall–Kier alpha value is -2.43. The number of sulfonamides is 1. The molecule has 0 aliphatic heterocycles. The van der Waals surface area contributed by atoms with Gasteiger partial charge in [-0.3, -0.25) is 9.20 Å². The van der Waals surface area contributed by atoms with Gasteiger partial charge in [-0.2, -0.15) is 0 Å². The molecular weight excluding hydrogens is 350 g/mol. The minimum atomic E-state index is -3.74. The van der Waals surface area contributed by atoms with E-state index in [4.69, 9.17) is 5.14 Å². The van der Waals surface area contributed by atoms with Crippen LogP contribution in [0.25, 0.3) is 5.65 Å². The van der Waals surface area contributed by atoms with Gasteiger partial charge in [-0.25, -0.2) is 13.6 Å². The van der Waals surface area contributed by atoms with Crippen LogP contribution in [0.1, 0.15) is 0 Å². The van der Waals surface area contributed by atoms with Gasteiger partial charge >= 0.3 is 0 Å². The van der Waals surface area contributed by atoms with Crippen LogP contribution in [0.4, 0.5) is 5.69 Å². The lowest BCUT2D eigenvalue weighted by Gasteiger charge is -2.05. The molecule has 8 nitrogen and oxygen atoms in total. The van der Waals surface area contributed by atoms with Crippen molar-refractivity contribution in [1.82, 2.24) is 14.6 Å². The minimum absolute atomic E-state index is 0.00944. The van der Waals surface area contributed by atoms with E-state index in [-0.39, 0.29) is 16.6 Å². The minimum Gasteiger partial charge on any atom is -0.325 e. The van der Waals surface area contributed by atoms with E-state index in [0.29, 0.717) is 16.5 Å². The Labute approximate surface area is 142 Å². The lowest BCUT2D eigenvalue weighted by atomic mass is 10.3. The molecule has 2 aromatic heterocycles. The zero-order valence-corrected chi connectivity index (χ0v) is 13.9. The van der Waals surface area contributed by atoms with Crippen LogP contribution in [0, 0.1) is 0 Å². The highest BCUT2D eigenvalue weighted by atomic mass is 32.2. The number of nitrogens with one attached hydrogen (secondary N) is 1. The number of pyridine rings is 1. The molecule has 0 fully saturated rings. The molecule has 124 valence electrons. The summed E-state index contributed by atoms with van der Waals surface area (Å²) in [5.74, 6) is -0.0943. The molecule has 0 aliphatic rings. The molecule has 0 radical (unpaired) electrons. The summed E-state index contributed by atoms with van der Waals surface area (Å²) in [5.41, 5.74) is 1.19. The maximum absolute atomic E-state index is 12.0. The molecule has 0 saturated heterocycles. The normalized spacial score (nSPS) is 11.5. The highest BCUT2D eigenvalue weighted by Gasteiger charge is 2.10. The molecule has 0 aliphatic carbocycles. The molecule has 10 heteroatoms. The van der Waals surface area contributed by atoms with E-state index in [2.05, 4.69) is 15.5 Å². The van der Waals surface area contributed by atoms with Crippen molar-refractivity contribution in [3.63, 3.8) is 0 Å². The summed E-state index contributed by atoms with van der Waals surface area (Å²) in [5, 5.41) is 16.3. The first kappa shape index (κ1) is 16.4. The Morgan fingerprint density at radius 3 is 2.62 bits per heavy atom. The summed E-state index contributed by atoms with van der Waals surface area (Å²) >= 11 is 1.25. The Bertz CT molecular complexity index is 983. The number of primary sulfonamides is 1. The number of nitrogens with two attached hydrogens (primary N) is 1. The Kier molecular flexibility index (Phi) is 4.51. The predicted octanol–water partition coefficient (Wildman–Crippen LogP) is 1.11. The van der Waals surface area contributed by atoms with Crippen molar-refractivity contribution in [3.05, 3.63) is 48.7 Å². The zero-order valence-electron chi connectivity index (χ0n) is 12.3. The van der Waals surface area contributed by atoms with Gasteiger partial charge in [-0.1, -0.05) is 17.8 Å². The van der Waals surface area contributed by atoms with E-state index in [1.165, 1.54) is 36.0 Å². The maximum Gasteiger partial charge on any atom is 0.238 e. The maximum atomic E-state index is 12.0. The van der Waals surface area contributed by atoms with E-state index < -0.39 is 10.0 Å². The number of amides is 1. The number of carbonyl (C=O) groups excluding carboxylic acids is 1. The molecule has 0 spiro atoms. The summed E-state index contributed by atoms with van der Waals surface area (Å²) < 4.78 is 24.1. The number of thioether (sulfide) groups is 1. The SMILES string of the molecule is NS(=O)(=O)c1ccc(NC(=O)CSc2nnc3ccccn23)cc1. The number of fused-ring (bicyclic) bond motifs is 1. The summed E-state index contributed by atoms with van der Waals surface area (Å²) in [4.78, 5) is 12.0. The van der Waals surface area contributed by atoms with Gasteiger partial charge < -0.3 is 5.32 Å². The Morgan fingerprint density at radius 1 is 1.17 bits per heavy atom. The number of hydrogen-bond acceptors (Lipinski definition) is 6. The van der Waals surface area contributed by atoms with Gasteiger partial charge in [0.05, 0.1) is 10.6 Å². The number of rotatable bonds is 5. The number of hydrogen-bond donors (Lipinski definition) is 2. The molecule has 0 saturated carbocycles. The largest absolute Gasteiger partial charge is 0.325 e. The number of carbonyl (C=O) groups is 1. The molecule has 0 atom stereocenters. The van der Waals surface area contributed by atoms with Gasteiger partial charge in [-0.05, 0) is 36.4 Å². The van der Waals surface area contributed by atoms with Gasteiger partial charge in [0.15, 0.2) is 10.8 Å². The van der Waals surface area contributed by atoms with Gasteiger partial charge in [0.1, 0.15) is 0 Å². The summed E-state index contributed by atoms with van der Waals surface area (Å²) in [6.45, 7) is 0. The zero-order chi connectivity index (χ0) is 17.2. The molecular formula is C14H13N5O3S2. The number of nitrogens with zero attached hydrogens (tertiary/aromatic N) is 3. The molecule has 3 aromatic rings. The third-order valence-electron chi connectivity index (χ3n) is 3.08. The van der Waals surface area contributed by atoms with Crippen LogP contribution in [0.2, 0.25) is 0 Å². The topological polar surface area (TPSA) is 119 Å². The van der Waals surface area contributed by atoms with E-state index in [9.17, 15) is 13.2 Å². The Balaban J connectivity index is 1.62. The van der Waals surface area contributed by atoms with Crippen molar-refractivity contribution < 1.29 is 13.2 Å². The van der Waals surface area contributed by atoms with Crippen molar-refractivity contribution in [2.24, 2.45) is 5.14 Å². The van der Waals surface area contributed by atoms with Crippen molar-refractivity contribution in [2.45, 2.75) is 10.1 Å². The van der Waals surface area contributed by atoms with Crippen molar-refractivity contribution in [2.75, 3.05) is 11.1 Å². The first-order valence-electron chi connectivity index (χ1n) is 6.79. The van der Waals surface area contributed by atoms with Crippen LogP contribution in [0.3, 0.4) is 0 Å². The van der Waals surface area contributed by atoms with Gasteiger partial charge in [0, 0.05) is 11.9 Å². The third kappa shape index (κ3) is 3.72. The second-order valence-corrected chi connectivity index (χ2v) is 7.32. The summed E-state index contributed by atoms with van der Waals surface area (Å²) in [6.07, 6.45) is 1.82. The van der Waals surface area contributed by atoms with Crippen LogP contribution >= 0.6 is 11.8 Å². The van der Waals surface area contributed by atoms with E-state index in [1.807, 2.05) is 24.4 Å². The van der Waals surface area contributed by atoms with Crippen LogP contribution in [-0.2, 0) is 14.8 Å². The van der Waals surface area contributed by atoms with Crippen LogP contribution in [0.5, 0.6) is 0 Å². The van der Waals surface area contributed by atoms with Crippen LogP contribution < -0.4 is 10.5 Å². The molecule has 0 bridgehead atoms. The van der Waals surface area contributed by atoms with Crippen LogP contribution in [0.15, 0.2) is 58.7 Å². The molecule has 1 aromatic carbocycles. The molecule has 2 heterocycles. The lowest BCUT2D eigenvalue weighted by molar-refractivity contribution is -0.113. The summed E-state index contributed by atoms with van der Waals surface area (Å²) in [6, 6.07) is 11.2.